The number of carbonyl (C=O) groups excluding carboxylic acids is 1. The summed E-state index contributed by atoms with van der Waals surface area (Å²) in [4.78, 5) is 11.8. The van der Waals surface area contributed by atoms with Gasteiger partial charge in [0.2, 0.25) is 0 Å². The van der Waals surface area contributed by atoms with Crippen LogP contribution in [0.15, 0.2) is 91.0 Å². The number of hydrogen-bond acceptors (Lipinski definition) is 3. The number of ether oxygens (including phenoxy) is 1. The molecule has 0 spiro atoms. The molecule has 0 saturated carbocycles. The molecule has 174 valence electrons. The Morgan fingerprint density at radius 3 is 2.47 bits per heavy atom. The molecule has 34 heavy (non-hydrogen) atoms. The summed E-state index contributed by atoms with van der Waals surface area (Å²) in [5, 5.41) is 6.01. The first-order chi connectivity index (χ1) is 16.2. The van der Waals surface area contributed by atoms with Crippen LogP contribution in [0.4, 0.5) is 0 Å². The van der Waals surface area contributed by atoms with Crippen LogP contribution >= 0.6 is 12.4 Å². The van der Waals surface area contributed by atoms with Gasteiger partial charge in [0.15, 0.2) is 5.78 Å². The van der Waals surface area contributed by atoms with Gasteiger partial charge in [0.05, 0.1) is 12.7 Å². The van der Waals surface area contributed by atoms with E-state index >= 15 is 0 Å². The van der Waals surface area contributed by atoms with Crippen molar-refractivity contribution in [1.82, 2.24) is 5.32 Å². The molecule has 0 aliphatic carbocycles. The third-order valence-electron chi connectivity index (χ3n) is 6.62. The van der Waals surface area contributed by atoms with Crippen LogP contribution in [-0.4, -0.2) is 25.0 Å². The monoisotopic (exact) mass is 471 g/mol. The minimum atomic E-state index is 0. The summed E-state index contributed by atoms with van der Waals surface area (Å²) < 4.78 is 6.47. The normalized spacial score (nSPS) is 17.8. The molecule has 4 aromatic rings. The number of carbonyl (C=O) groups is 1. The molecule has 1 N–H and O–H groups in total. The van der Waals surface area contributed by atoms with Gasteiger partial charge in [-0.3, -0.25) is 4.79 Å². The highest BCUT2D eigenvalue weighted by atomic mass is 35.5. The third kappa shape index (κ3) is 5.39. The molecule has 1 aliphatic heterocycles. The second-order valence-corrected chi connectivity index (χ2v) is 8.89. The van der Waals surface area contributed by atoms with Crippen molar-refractivity contribution in [3.63, 3.8) is 0 Å². The average Bonchev–Trinajstić information content (AvgIpc) is 2.87. The highest BCUT2D eigenvalue weighted by Gasteiger charge is 2.27. The summed E-state index contributed by atoms with van der Waals surface area (Å²) in [6.45, 7) is 4.06. The number of rotatable bonds is 6. The summed E-state index contributed by atoms with van der Waals surface area (Å²) >= 11 is 0. The number of nitrogens with one attached hydrogen (secondary N) is 1. The summed E-state index contributed by atoms with van der Waals surface area (Å²) in [5.41, 5.74) is 5.46. The molecule has 3 nitrogen and oxygen atoms in total. The maximum Gasteiger partial charge on any atom is 0.159 e. The summed E-state index contributed by atoms with van der Waals surface area (Å²) in [6.07, 6.45) is 1.16. The van der Waals surface area contributed by atoms with E-state index in [1.165, 1.54) is 21.9 Å². The molecule has 0 amide bonds. The number of ketones is 1. The zero-order valence-electron chi connectivity index (χ0n) is 19.4. The number of hydrogen-bond donors (Lipinski definition) is 1. The summed E-state index contributed by atoms with van der Waals surface area (Å²) in [6, 6.07) is 31.6. The van der Waals surface area contributed by atoms with Crippen LogP contribution in [-0.2, 0) is 11.3 Å². The molecular weight excluding hydrogens is 442 g/mol. The minimum absolute atomic E-state index is 0. The fraction of sp³-hybridized carbons (Fsp3) is 0.233. The van der Waals surface area contributed by atoms with Crippen LogP contribution in [0, 0.1) is 0 Å². The Morgan fingerprint density at radius 1 is 0.882 bits per heavy atom. The topological polar surface area (TPSA) is 38.3 Å². The van der Waals surface area contributed by atoms with Gasteiger partial charge in [0.1, 0.15) is 0 Å². The molecule has 0 unspecified atom stereocenters. The maximum atomic E-state index is 11.8. The van der Waals surface area contributed by atoms with E-state index in [0.29, 0.717) is 12.5 Å². The van der Waals surface area contributed by atoms with Gasteiger partial charge in [-0.1, -0.05) is 78.9 Å². The fourth-order valence-corrected chi connectivity index (χ4v) is 4.78. The predicted molar refractivity (Wildman–Crippen MR) is 142 cm³/mol. The SMILES string of the molecule is CC(=O)c1cccc(-c2cccc([C@H]3CCNC[C@@H]3OCc3ccc4ccccc4c3)c2)c1.Cl. The van der Waals surface area contributed by atoms with Crippen molar-refractivity contribution in [2.24, 2.45) is 0 Å². The molecule has 0 aromatic heterocycles. The number of benzene rings is 4. The summed E-state index contributed by atoms with van der Waals surface area (Å²) in [7, 11) is 0. The van der Waals surface area contributed by atoms with E-state index in [-0.39, 0.29) is 24.3 Å². The first kappa shape index (κ1) is 24.2. The van der Waals surface area contributed by atoms with Crippen molar-refractivity contribution in [2.75, 3.05) is 13.1 Å². The van der Waals surface area contributed by atoms with Crippen molar-refractivity contribution in [2.45, 2.75) is 32.0 Å². The Balaban J connectivity index is 0.00000274. The number of Topliss-reactive ketones (excluding diaryl/α,β-unsaturated/α-hetero) is 1. The van der Waals surface area contributed by atoms with Crippen molar-refractivity contribution in [3.8, 4) is 11.1 Å². The van der Waals surface area contributed by atoms with E-state index in [4.69, 9.17) is 4.74 Å². The van der Waals surface area contributed by atoms with Crippen molar-refractivity contribution >= 4 is 29.0 Å². The Bertz CT molecular complexity index is 1290. The lowest BCUT2D eigenvalue weighted by Gasteiger charge is -2.33. The lowest BCUT2D eigenvalue weighted by Crippen LogP contribution is -2.41. The van der Waals surface area contributed by atoms with E-state index in [1.807, 2.05) is 18.2 Å². The molecular formula is C30H30ClNO2. The third-order valence-corrected chi connectivity index (χ3v) is 6.62. The van der Waals surface area contributed by atoms with Gasteiger partial charge in [-0.25, -0.2) is 0 Å². The molecule has 1 saturated heterocycles. The van der Waals surface area contributed by atoms with Gasteiger partial charge in [-0.2, -0.15) is 0 Å². The van der Waals surface area contributed by atoms with Crippen LogP contribution < -0.4 is 5.32 Å². The Kier molecular flexibility index (Phi) is 7.79. The Labute approximate surface area is 207 Å². The van der Waals surface area contributed by atoms with Gasteiger partial charge in [-0.05, 0) is 65.0 Å². The molecule has 0 bridgehead atoms. The van der Waals surface area contributed by atoms with Gasteiger partial charge in [0, 0.05) is 18.0 Å². The standard InChI is InChI=1S/C30H29NO2.ClH/c1-21(32)24-8-4-9-26(17-24)27-10-5-11-28(18-27)29-14-15-31-19-30(29)33-20-22-12-13-23-6-2-3-7-25(23)16-22;/h2-13,16-18,29-31H,14-15,19-20H2,1H3;1H/t29-,30+;/m1./s1. The molecule has 5 rings (SSSR count). The van der Waals surface area contributed by atoms with Crippen molar-refractivity contribution < 1.29 is 9.53 Å². The average molecular weight is 472 g/mol. The largest absolute Gasteiger partial charge is 0.372 e. The quantitative estimate of drug-likeness (QED) is 0.314. The minimum Gasteiger partial charge on any atom is -0.372 e. The highest BCUT2D eigenvalue weighted by molar-refractivity contribution is 5.95. The molecule has 1 heterocycles. The smallest absolute Gasteiger partial charge is 0.159 e. The maximum absolute atomic E-state index is 11.8. The van der Waals surface area contributed by atoms with E-state index in [9.17, 15) is 4.79 Å². The Morgan fingerprint density at radius 2 is 1.65 bits per heavy atom. The predicted octanol–water partition coefficient (Wildman–Crippen LogP) is 6.79. The highest BCUT2D eigenvalue weighted by Crippen LogP contribution is 2.32. The van der Waals surface area contributed by atoms with Gasteiger partial charge in [-0.15, -0.1) is 12.4 Å². The first-order valence-corrected chi connectivity index (χ1v) is 11.7. The zero-order valence-corrected chi connectivity index (χ0v) is 20.2. The van der Waals surface area contributed by atoms with Crippen molar-refractivity contribution in [3.05, 3.63) is 108 Å². The van der Waals surface area contributed by atoms with E-state index in [2.05, 4.69) is 78.1 Å². The second kappa shape index (κ2) is 11.0. The van der Waals surface area contributed by atoms with Crippen LogP contribution in [0.1, 0.15) is 40.7 Å². The number of halogens is 1. The zero-order chi connectivity index (χ0) is 22.6. The molecule has 1 aliphatic rings. The lowest BCUT2D eigenvalue weighted by atomic mass is 9.86. The van der Waals surface area contributed by atoms with Crippen molar-refractivity contribution in [1.29, 1.82) is 0 Å². The van der Waals surface area contributed by atoms with Crippen LogP contribution in [0.2, 0.25) is 0 Å². The van der Waals surface area contributed by atoms with Crippen LogP contribution in [0.3, 0.4) is 0 Å². The first-order valence-electron chi connectivity index (χ1n) is 11.7. The molecule has 4 heteroatoms. The van der Waals surface area contributed by atoms with Gasteiger partial charge < -0.3 is 10.1 Å². The fourth-order valence-electron chi connectivity index (χ4n) is 4.78. The second-order valence-electron chi connectivity index (χ2n) is 8.89. The summed E-state index contributed by atoms with van der Waals surface area (Å²) in [5.74, 6) is 0.427. The molecule has 0 radical (unpaired) electrons. The Hall–Kier alpha value is -2.98. The number of fused-ring (bicyclic) bond motifs is 1. The van der Waals surface area contributed by atoms with E-state index in [0.717, 1.165) is 36.2 Å². The molecule has 2 atom stereocenters. The molecule has 1 fully saturated rings. The van der Waals surface area contributed by atoms with Crippen LogP contribution in [0.25, 0.3) is 21.9 Å². The lowest BCUT2D eigenvalue weighted by molar-refractivity contribution is 0.0107. The van der Waals surface area contributed by atoms with Gasteiger partial charge in [0.25, 0.3) is 0 Å². The molecule has 4 aromatic carbocycles. The number of piperidine rings is 1. The van der Waals surface area contributed by atoms with Crippen LogP contribution in [0.5, 0.6) is 0 Å². The van der Waals surface area contributed by atoms with Gasteiger partial charge >= 0.3 is 0 Å². The van der Waals surface area contributed by atoms with E-state index < -0.39 is 0 Å². The van der Waals surface area contributed by atoms with E-state index in [1.54, 1.807) is 6.92 Å².